The molecular weight excluding hydrogens is 338 g/mol. The third kappa shape index (κ3) is 3.78. The van der Waals surface area contributed by atoms with Crippen molar-refractivity contribution in [3.8, 4) is 17.0 Å². The van der Waals surface area contributed by atoms with E-state index in [9.17, 15) is 4.79 Å². The van der Waals surface area contributed by atoms with Gasteiger partial charge in [-0.05, 0) is 36.1 Å². The van der Waals surface area contributed by atoms with Gasteiger partial charge < -0.3 is 4.74 Å². The number of likely N-dealkylation sites (tertiary alicyclic amines) is 1. The summed E-state index contributed by atoms with van der Waals surface area (Å²) in [7, 11) is 1.64. The molecule has 27 heavy (non-hydrogen) atoms. The number of nitrogens with zero attached hydrogens (tertiary/aromatic N) is 3. The summed E-state index contributed by atoms with van der Waals surface area (Å²) in [6, 6.07) is 21.6. The molecule has 0 radical (unpaired) electrons. The van der Waals surface area contributed by atoms with Crippen LogP contribution in [0.15, 0.2) is 71.5 Å². The predicted octanol–water partition coefficient (Wildman–Crippen LogP) is 3.37. The Morgan fingerprint density at radius 3 is 2.63 bits per heavy atom. The highest BCUT2D eigenvalue weighted by Crippen LogP contribution is 2.28. The summed E-state index contributed by atoms with van der Waals surface area (Å²) >= 11 is 0. The van der Waals surface area contributed by atoms with Crippen molar-refractivity contribution in [3.63, 3.8) is 0 Å². The Morgan fingerprint density at radius 1 is 1.04 bits per heavy atom. The van der Waals surface area contributed by atoms with Gasteiger partial charge in [-0.1, -0.05) is 42.5 Å². The lowest BCUT2D eigenvalue weighted by molar-refractivity contribution is 0.246. The molecule has 1 unspecified atom stereocenters. The van der Waals surface area contributed by atoms with E-state index in [1.54, 1.807) is 23.9 Å². The van der Waals surface area contributed by atoms with E-state index in [1.807, 2.05) is 30.3 Å². The molecule has 5 nitrogen and oxygen atoms in total. The molecule has 2 heterocycles. The Labute approximate surface area is 158 Å². The van der Waals surface area contributed by atoms with Gasteiger partial charge in [-0.3, -0.25) is 9.69 Å². The Morgan fingerprint density at radius 2 is 1.81 bits per heavy atom. The fraction of sp³-hybridized carbons (Fsp3) is 0.273. The van der Waals surface area contributed by atoms with Crippen molar-refractivity contribution in [1.82, 2.24) is 14.7 Å². The molecule has 0 amide bonds. The van der Waals surface area contributed by atoms with Crippen LogP contribution in [0.5, 0.6) is 5.75 Å². The van der Waals surface area contributed by atoms with Crippen molar-refractivity contribution >= 4 is 0 Å². The quantitative estimate of drug-likeness (QED) is 0.699. The first kappa shape index (κ1) is 17.5. The average molecular weight is 361 g/mol. The minimum atomic E-state index is -0.0863. The van der Waals surface area contributed by atoms with Crippen LogP contribution in [0.25, 0.3) is 11.3 Å². The first-order valence-corrected chi connectivity index (χ1v) is 9.23. The molecule has 0 aliphatic carbocycles. The third-order valence-electron chi connectivity index (χ3n) is 5.13. The number of hydrogen-bond acceptors (Lipinski definition) is 4. The fourth-order valence-corrected chi connectivity index (χ4v) is 3.70. The van der Waals surface area contributed by atoms with Gasteiger partial charge in [-0.15, -0.1) is 0 Å². The predicted molar refractivity (Wildman–Crippen MR) is 106 cm³/mol. The zero-order valence-electron chi connectivity index (χ0n) is 15.4. The van der Waals surface area contributed by atoms with Gasteiger partial charge in [-0.2, -0.15) is 5.10 Å². The van der Waals surface area contributed by atoms with Gasteiger partial charge >= 0.3 is 0 Å². The molecule has 1 fully saturated rings. The molecule has 1 aromatic heterocycles. The maximum Gasteiger partial charge on any atom is 0.268 e. The second kappa shape index (κ2) is 7.76. The second-order valence-electron chi connectivity index (χ2n) is 6.87. The second-order valence-corrected chi connectivity index (χ2v) is 6.87. The zero-order valence-corrected chi connectivity index (χ0v) is 15.4. The van der Waals surface area contributed by atoms with E-state index in [4.69, 9.17) is 4.74 Å². The summed E-state index contributed by atoms with van der Waals surface area (Å²) in [5.41, 5.74) is 2.91. The largest absolute Gasteiger partial charge is 0.496 e. The number of ether oxygens (including phenoxy) is 1. The number of rotatable bonds is 5. The minimum absolute atomic E-state index is 0.0863. The summed E-state index contributed by atoms with van der Waals surface area (Å²) in [6.07, 6.45) is 1.10. The zero-order chi connectivity index (χ0) is 18.6. The van der Waals surface area contributed by atoms with Crippen molar-refractivity contribution in [3.05, 3.63) is 82.6 Å². The lowest BCUT2D eigenvalue weighted by Crippen LogP contribution is -2.32. The van der Waals surface area contributed by atoms with E-state index in [0.717, 1.165) is 36.5 Å². The maximum absolute atomic E-state index is 12.3. The Balaban J connectivity index is 1.54. The molecule has 0 spiro atoms. The van der Waals surface area contributed by atoms with E-state index < -0.39 is 0 Å². The highest BCUT2D eigenvalue weighted by Gasteiger charge is 2.24. The van der Waals surface area contributed by atoms with Crippen molar-refractivity contribution in [2.24, 2.45) is 0 Å². The van der Waals surface area contributed by atoms with Crippen molar-refractivity contribution in [2.75, 3.05) is 20.2 Å². The summed E-state index contributed by atoms with van der Waals surface area (Å²) in [6.45, 7) is 2.41. The maximum atomic E-state index is 12.3. The highest BCUT2D eigenvalue weighted by atomic mass is 16.5. The molecule has 138 valence electrons. The number of hydrogen-bond donors (Lipinski definition) is 0. The summed E-state index contributed by atoms with van der Waals surface area (Å²) in [5.74, 6) is 1.26. The fourth-order valence-electron chi connectivity index (χ4n) is 3.70. The van der Waals surface area contributed by atoms with Gasteiger partial charge in [-0.25, -0.2) is 4.68 Å². The van der Waals surface area contributed by atoms with E-state index in [2.05, 4.69) is 34.3 Å². The molecule has 5 heteroatoms. The number of benzene rings is 2. The number of methoxy groups -OCH3 is 1. The van der Waals surface area contributed by atoms with Gasteiger partial charge in [0.1, 0.15) is 5.75 Å². The van der Waals surface area contributed by atoms with Gasteiger partial charge in [0.15, 0.2) is 0 Å². The smallest absolute Gasteiger partial charge is 0.268 e. The topological polar surface area (TPSA) is 47.4 Å². The molecule has 3 aromatic rings. The van der Waals surface area contributed by atoms with Crippen molar-refractivity contribution in [1.29, 1.82) is 0 Å². The average Bonchev–Trinajstić information content (AvgIpc) is 3.19. The van der Waals surface area contributed by atoms with Gasteiger partial charge in [0, 0.05) is 24.7 Å². The minimum Gasteiger partial charge on any atom is -0.496 e. The van der Waals surface area contributed by atoms with E-state index >= 15 is 0 Å². The molecule has 1 aliphatic rings. The van der Waals surface area contributed by atoms with Crippen molar-refractivity contribution < 1.29 is 4.74 Å². The first-order valence-electron chi connectivity index (χ1n) is 9.23. The standard InChI is InChI=1S/C22H23N3O2/c1-27-21-10-6-5-9-19(21)20-11-12-22(26)25(23-20)16-24-14-13-18(15-24)17-7-3-2-4-8-17/h2-12,18H,13-16H2,1H3. The van der Waals surface area contributed by atoms with Crippen LogP contribution in [0.1, 0.15) is 17.9 Å². The molecule has 0 bridgehead atoms. The lowest BCUT2D eigenvalue weighted by atomic mass is 9.99. The summed E-state index contributed by atoms with van der Waals surface area (Å²) in [5, 5.41) is 4.59. The van der Waals surface area contributed by atoms with Gasteiger partial charge in [0.05, 0.1) is 19.5 Å². The lowest BCUT2D eigenvalue weighted by Gasteiger charge is -2.17. The Hall–Kier alpha value is -2.92. The van der Waals surface area contributed by atoms with Crippen LogP contribution >= 0.6 is 0 Å². The summed E-state index contributed by atoms with van der Waals surface area (Å²) in [4.78, 5) is 14.6. The highest BCUT2D eigenvalue weighted by molar-refractivity contribution is 5.66. The first-order chi connectivity index (χ1) is 13.2. The molecule has 4 rings (SSSR count). The van der Waals surface area contributed by atoms with E-state index in [1.165, 1.54) is 5.56 Å². The Kier molecular flexibility index (Phi) is 5.03. The normalized spacial score (nSPS) is 17.1. The molecule has 0 saturated carbocycles. The summed E-state index contributed by atoms with van der Waals surface area (Å²) < 4.78 is 6.98. The Bertz CT molecular complexity index is 969. The SMILES string of the molecule is COc1ccccc1-c1ccc(=O)n(CN2CCC(c3ccccc3)C2)n1. The molecule has 2 aromatic carbocycles. The van der Waals surface area contributed by atoms with Crippen LogP contribution in [0, 0.1) is 0 Å². The van der Waals surface area contributed by atoms with Crippen LogP contribution in [-0.4, -0.2) is 34.9 Å². The van der Waals surface area contributed by atoms with E-state index in [-0.39, 0.29) is 5.56 Å². The van der Waals surface area contributed by atoms with Crippen LogP contribution in [0.4, 0.5) is 0 Å². The third-order valence-corrected chi connectivity index (χ3v) is 5.13. The van der Waals surface area contributed by atoms with Gasteiger partial charge in [0.2, 0.25) is 0 Å². The van der Waals surface area contributed by atoms with Crippen LogP contribution in [-0.2, 0) is 6.67 Å². The number of aromatic nitrogens is 2. The number of para-hydroxylation sites is 1. The van der Waals surface area contributed by atoms with E-state index in [0.29, 0.717) is 12.6 Å². The molecule has 0 N–H and O–H groups in total. The van der Waals surface area contributed by atoms with Crippen LogP contribution in [0.3, 0.4) is 0 Å². The molecule has 1 saturated heterocycles. The van der Waals surface area contributed by atoms with Crippen molar-refractivity contribution in [2.45, 2.75) is 19.0 Å². The molecule has 1 atom stereocenters. The van der Waals surface area contributed by atoms with Crippen LogP contribution < -0.4 is 10.3 Å². The van der Waals surface area contributed by atoms with Gasteiger partial charge in [0.25, 0.3) is 5.56 Å². The molecular formula is C22H23N3O2. The van der Waals surface area contributed by atoms with Crippen LogP contribution in [0.2, 0.25) is 0 Å². The molecule has 1 aliphatic heterocycles. The monoisotopic (exact) mass is 361 g/mol.